The zero-order valence-corrected chi connectivity index (χ0v) is 8.42. The van der Waals surface area contributed by atoms with Crippen LogP contribution in [-0.4, -0.2) is 19.1 Å². The van der Waals surface area contributed by atoms with E-state index in [0.717, 1.165) is 12.1 Å². The number of hydrogen-bond donors (Lipinski definition) is 0. The summed E-state index contributed by atoms with van der Waals surface area (Å²) in [6, 6.07) is 1.98. The number of hydrogen-bond acceptors (Lipinski definition) is 2. The lowest BCUT2D eigenvalue weighted by Crippen LogP contribution is -2.25. The Hall–Kier alpha value is -1.52. The van der Waals surface area contributed by atoms with Gasteiger partial charge in [-0.2, -0.15) is 0 Å². The van der Waals surface area contributed by atoms with Crippen LogP contribution in [0.2, 0.25) is 0 Å². The maximum atomic E-state index is 13.3. The van der Waals surface area contributed by atoms with Crippen LogP contribution in [0.3, 0.4) is 0 Å². The van der Waals surface area contributed by atoms with Crippen molar-refractivity contribution in [3.05, 3.63) is 29.3 Å². The monoisotopic (exact) mass is 229 g/mol. The van der Waals surface area contributed by atoms with Crippen molar-refractivity contribution in [2.45, 2.75) is 19.1 Å². The quantitative estimate of drug-likeness (QED) is 0.574. The first-order valence-electron chi connectivity index (χ1n) is 4.98. The summed E-state index contributed by atoms with van der Waals surface area (Å²) in [7, 11) is 0. The Morgan fingerprint density at radius 2 is 1.94 bits per heavy atom. The highest BCUT2D eigenvalue weighted by molar-refractivity contribution is 5.77. The number of nitrogens with zero attached hydrogens (tertiary/aromatic N) is 1. The van der Waals surface area contributed by atoms with Crippen LogP contribution in [0.1, 0.15) is 23.2 Å². The Bertz CT molecular complexity index is 399. The molecular weight excluding hydrogens is 219 g/mol. The molecule has 0 saturated carbocycles. The second kappa shape index (κ2) is 4.15. The van der Waals surface area contributed by atoms with Crippen molar-refractivity contribution in [1.29, 1.82) is 0 Å². The summed E-state index contributed by atoms with van der Waals surface area (Å²) in [5, 5.41) is 0. The molecule has 0 radical (unpaired) electrons. The molecule has 1 aromatic rings. The summed E-state index contributed by atoms with van der Waals surface area (Å²) >= 11 is 0. The minimum atomic E-state index is -1.21. The molecule has 1 heterocycles. The average molecular weight is 229 g/mol. The van der Waals surface area contributed by atoms with E-state index in [4.69, 9.17) is 0 Å². The first kappa shape index (κ1) is 11.0. The van der Waals surface area contributed by atoms with Gasteiger partial charge in [-0.15, -0.1) is 0 Å². The molecule has 0 aromatic heterocycles. The highest BCUT2D eigenvalue weighted by Gasteiger charge is 2.25. The third kappa shape index (κ3) is 1.77. The standard InChI is InChI=1S/C11H10F3NO/c12-9-4-7(5-10(13)8(9)6-16)15-3-1-2-11(15)14/h4-6,11H,1-3H2. The number of rotatable bonds is 2. The summed E-state index contributed by atoms with van der Waals surface area (Å²) in [5.41, 5.74) is -0.469. The molecule has 0 amide bonds. The van der Waals surface area contributed by atoms with E-state index in [1.165, 1.54) is 4.90 Å². The van der Waals surface area contributed by atoms with Crippen molar-refractivity contribution in [3.8, 4) is 0 Å². The maximum absolute atomic E-state index is 13.3. The molecule has 2 nitrogen and oxygen atoms in total. The van der Waals surface area contributed by atoms with Gasteiger partial charge in [-0.25, -0.2) is 13.2 Å². The fraction of sp³-hybridized carbons (Fsp3) is 0.364. The van der Waals surface area contributed by atoms with Crippen LogP contribution >= 0.6 is 0 Å². The van der Waals surface area contributed by atoms with E-state index in [2.05, 4.69) is 0 Å². The zero-order valence-electron chi connectivity index (χ0n) is 8.42. The number of aldehydes is 1. The van der Waals surface area contributed by atoms with Crippen molar-refractivity contribution in [1.82, 2.24) is 0 Å². The van der Waals surface area contributed by atoms with E-state index in [9.17, 15) is 18.0 Å². The van der Waals surface area contributed by atoms with Crippen LogP contribution in [0.4, 0.5) is 18.9 Å². The van der Waals surface area contributed by atoms with Gasteiger partial charge in [0.1, 0.15) is 11.6 Å². The highest BCUT2D eigenvalue weighted by atomic mass is 19.1. The summed E-state index contributed by atoms with van der Waals surface area (Å²) in [6.07, 6.45) is -0.0787. The van der Waals surface area contributed by atoms with Crippen LogP contribution in [0.5, 0.6) is 0 Å². The van der Waals surface area contributed by atoms with Crippen molar-refractivity contribution in [2.24, 2.45) is 0 Å². The molecule has 5 heteroatoms. The van der Waals surface area contributed by atoms with E-state index in [1.807, 2.05) is 0 Å². The van der Waals surface area contributed by atoms with Crippen LogP contribution in [0.25, 0.3) is 0 Å². The molecule has 1 aliphatic rings. The topological polar surface area (TPSA) is 20.3 Å². The first-order chi connectivity index (χ1) is 7.63. The Morgan fingerprint density at radius 3 is 2.38 bits per heavy atom. The Labute approximate surface area is 90.7 Å². The largest absolute Gasteiger partial charge is 0.342 e. The summed E-state index contributed by atoms with van der Waals surface area (Å²) in [4.78, 5) is 11.7. The van der Waals surface area contributed by atoms with Gasteiger partial charge < -0.3 is 4.90 Å². The molecule has 1 saturated heterocycles. The lowest BCUT2D eigenvalue weighted by Gasteiger charge is -2.21. The van der Waals surface area contributed by atoms with E-state index < -0.39 is 23.5 Å². The molecule has 0 N–H and O–H groups in total. The van der Waals surface area contributed by atoms with Crippen molar-refractivity contribution in [3.63, 3.8) is 0 Å². The minimum Gasteiger partial charge on any atom is -0.342 e. The number of anilines is 1. The SMILES string of the molecule is O=Cc1c(F)cc(N2CCCC2F)cc1F. The molecule has 86 valence electrons. The smallest absolute Gasteiger partial charge is 0.172 e. The van der Waals surface area contributed by atoms with Gasteiger partial charge in [0.15, 0.2) is 12.6 Å². The van der Waals surface area contributed by atoms with Gasteiger partial charge >= 0.3 is 0 Å². The third-order valence-electron chi connectivity index (χ3n) is 2.69. The number of carbonyl (C=O) groups is 1. The van der Waals surface area contributed by atoms with Gasteiger partial charge in [0.25, 0.3) is 0 Å². The number of halogens is 3. The first-order valence-corrected chi connectivity index (χ1v) is 4.98. The Kier molecular flexibility index (Phi) is 2.85. The number of carbonyl (C=O) groups excluding carboxylic acids is 1. The van der Waals surface area contributed by atoms with E-state index in [1.54, 1.807) is 0 Å². The molecule has 1 aromatic carbocycles. The molecule has 2 rings (SSSR count). The zero-order chi connectivity index (χ0) is 11.7. The average Bonchev–Trinajstić information content (AvgIpc) is 2.64. The lowest BCUT2D eigenvalue weighted by atomic mass is 10.2. The summed E-state index contributed by atoms with van der Waals surface area (Å²) in [6.45, 7) is 0.431. The predicted molar refractivity (Wildman–Crippen MR) is 53.2 cm³/mol. The van der Waals surface area contributed by atoms with Crippen LogP contribution < -0.4 is 4.90 Å². The molecule has 0 bridgehead atoms. The maximum Gasteiger partial charge on any atom is 0.172 e. The fourth-order valence-electron chi connectivity index (χ4n) is 1.87. The van der Waals surface area contributed by atoms with Gasteiger partial charge in [-0.1, -0.05) is 0 Å². The van der Waals surface area contributed by atoms with Crippen molar-refractivity contribution in [2.75, 3.05) is 11.4 Å². The summed E-state index contributed by atoms with van der Waals surface area (Å²) in [5.74, 6) is -1.91. The molecule has 1 atom stereocenters. The molecule has 1 aliphatic heterocycles. The molecular formula is C11H10F3NO. The molecule has 16 heavy (non-hydrogen) atoms. The van der Waals surface area contributed by atoms with Crippen molar-refractivity contribution < 1.29 is 18.0 Å². The van der Waals surface area contributed by atoms with Crippen LogP contribution in [0.15, 0.2) is 12.1 Å². The van der Waals surface area contributed by atoms with Crippen LogP contribution in [0, 0.1) is 11.6 Å². The van der Waals surface area contributed by atoms with Gasteiger partial charge in [0.05, 0.1) is 5.56 Å². The lowest BCUT2D eigenvalue weighted by molar-refractivity contribution is 0.111. The van der Waals surface area contributed by atoms with Crippen LogP contribution in [-0.2, 0) is 0 Å². The third-order valence-corrected chi connectivity index (χ3v) is 2.69. The minimum absolute atomic E-state index is 0.116. The summed E-state index contributed by atoms with van der Waals surface area (Å²) < 4.78 is 39.9. The normalized spacial score (nSPS) is 20.2. The van der Waals surface area contributed by atoms with E-state index in [-0.39, 0.29) is 12.0 Å². The van der Waals surface area contributed by atoms with Gasteiger partial charge in [-0.05, 0) is 25.0 Å². The molecule has 1 fully saturated rings. The van der Waals surface area contributed by atoms with E-state index in [0.29, 0.717) is 19.4 Å². The van der Waals surface area contributed by atoms with Crippen molar-refractivity contribution >= 4 is 12.0 Å². The van der Waals surface area contributed by atoms with Gasteiger partial charge in [-0.3, -0.25) is 4.79 Å². The number of benzene rings is 1. The highest BCUT2D eigenvalue weighted by Crippen LogP contribution is 2.28. The molecule has 0 aliphatic carbocycles. The Morgan fingerprint density at radius 1 is 1.31 bits per heavy atom. The molecule has 0 spiro atoms. The number of alkyl halides is 1. The predicted octanol–water partition coefficient (Wildman–Crippen LogP) is 2.67. The Balaban J connectivity index is 2.39. The second-order valence-electron chi connectivity index (χ2n) is 3.71. The molecule has 1 unspecified atom stereocenters. The second-order valence-corrected chi connectivity index (χ2v) is 3.71. The van der Waals surface area contributed by atoms with Gasteiger partial charge in [0.2, 0.25) is 0 Å². The fourth-order valence-corrected chi connectivity index (χ4v) is 1.87. The van der Waals surface area contributed by atoms with Gasteiger partial charge in [0, 0.05) is 12.2 Å². The van der Waals surface area contributed by atoms with E-state index >= 15 is 0 Å².